The molecule has 0 spiro atoms. The first kappa shape index (κ1) is 28.8. The van der Waals surface area contributed by atoms with Crippen molar-refractivity contribution in [3.63, 3.8) is 0 Å². The van der Waals surface area contributed by atoms with Gasteiger partial charge in [-0.25, -0.2) is 0 Å². The van der Waals surface area contributed by atoms with Crippen LogP contribution in [0.3, 0.4) is 0 Å². The van der Waals surface area contributed by atoms with Gasteiger partial charge in [0.15, 0.2) is 0 Å². The molecule has 32 heavy (non-hydrogen) atoms. The van der Waals surface area contributed by atoms with Crippen LogP contribution in [0.4, 0.5) is 42.1 Å². The molecule has 3 N–H and O–H groups in total. The highest BCUT2D eigenvalue weighted by molar-refractivity contribution is 9.10. The molecule has 0 saturated heterocycles. The molecule has 0 atom stereocenters. The molecular formula is C18H13Br2Cl2F7N2O. The second-order valence-electron chi connectivity index (χ2n) is 6.30. The number of anilines is 2. The number of carbonyl (C=O) groups is 1. The minimum absolute atomic E-state index is 0.0632. The molecule has 2 aromatic carbocycles. The quantitative estimate of drug-likeness (QED) is 0.264. The summed E-state index contributed by atoms with van der Waals surface area (Å²) in [5.74, 6) is -15.3. The lowest BCUT2D eigenvalue weighted by Crippen LogP contribution is -2.57. The Bertz CT molecular complexity index is 968. The lowest BCUT2D eigenvalue weighted by molar-refractivity contribution is -0.343. The van der Waals surface area contributed by atoms with Crippen LogP contribution in [0.5, 0.6) is 0 Å². The molecule has 2 aromatic rings. The molecule has 14 heteroatoms. The Morgan fingerprint density at radius 2 is 1.31 bits per heavy atom. The molecular weight excluding hydrogens is 624 g/mol. The van der Waals surface area contributed by atoms with E-state index in [1.807, 2.05) is 13.0 Å². The normalized spacial score (nSPS) is 12.2. The number of benzene rings is 2. The minimum Gasteiger partial charge on any atom is -0.398 e. The summed E-state index contributed by atoms with van der Waals surface area (Å²) < 4.78 is 89.0. The van der Waals surface area contributed by atoms with E-state index >= 15 is 0 Å². The lowest BCUT2D eigenvalue weighted by Gasteiger charge is -2.27. The molecule has 0 aliphatic heterocycles. The third-order valence-electron chi connectivity index (χ3n) is 3.86. The number of hydrogen-bond acceptors (Lipinski definition) is 2. The van der Waals surface area contributed by atoms with Crippen molar-refractivity contribution in [2.75, 3.05) is 11.1 Å². The second kappa shape index (κ2) is 10.4. The van der Waals surface area contributed by atoms with Crippen LogP contribution in [0.15, 0.2) is 33.2 Å². The Morgan fingerprint density at radius 1 is 0.875 bits per heavy atom. The molecule has 1 amide bonds. The molecule has 0 heterocycles. The van der Waals surface area contributed by atoms with Crippen molar-refractivity contribution < 1.29 is 35.5 Å². The number of nitrogen functional groups attached to an aromatic ring is 1. The van der Waals surface area contributed by atoms with Crippen LogP contribution in [-0.4, -0.2) is 23.9 Å². The van der Waals surface area contributed by atoms with Crippen molar-refractivity contribution in [3.05, 3.63) is 54.4 Å². The lowest BCUT2D eigenvalue weighted by atomic mass is 10.1. The summed E-state index contributed by atoms with van der Waals surface area (Å²) in [4.78, 5) is 11.2. The summed E-state index contributed by atoms with van der Waals surface area (Å²) in [5, 5.41) is 1.92. The number of aryl methyl sites for hydroxylation is 2. The number of nitrogens with one attached hydrogen (secondary N) is 1. The molecule has 3 nitrogen and oxygen atoms in total. The standard InChI is InChI=1S/C11H6BrClF7NO.C7H7BrClN/c1-4-2-5(12)6(13)3-7(4)21-8(22)9(14,15)10(16,17)11(18,19)20;1-4-2-5(8)6(9)3-7(4)10/h2-3H,1H3,(H,21,22);2-3H,10H2,1H3. The third kappa shape index (κ3) is 6.42. The summed E-state index contributed by atoms with van der Waals surface area (Å²) in [7, 11) is 0. The van der Waals surface area contributed by atoms with Gasteiger partial charge in [-0.15, -0.1) is 0 Å². The van der Waals surface area contributed by atoms with Crippen LogP contribution in [0, 0.1) is 13.8 Å². The van der Waals surface area contributed by atoms with Gasteiger partial charge in [0, 0.05) is 20.3 Å². The van der Waals surface area contributed by atoms with Crippen molar-refractivity contribution in [1.29, 1.82) is 0 Å². The van der Waals surface area contributed by atoms with Crippen LogP contribution < -0.4 is 11.1 Å². The van der Waals surface area contributed by atoms with Crippen LogP contribution in [0.1, 0.15) is 11.1 Å². The topological polar surface area (TPSA) is 55.1 Å². The number of alkyl halides is 7. The van der Waals surface area contributed by atoms with E-state index in [-0.39, 0.29) is 10.6 Å². The van der Waals surface area contributed by atoms with Crippen LogP contribution in [0.25, 0.3) is 0 Å². The predicted molar refractivity (Wildman–Crippen MR) is 117 cm³/mol. The zero-order valence-corrected chi connectivity index (χ0v) is 20.6. The fraction of sp³-hybridized carbons (Fsp3) is 0.278. The van der Waals surface area contributed by atoms with Gasteiger partial charge in [0.05, 0.1) is 10.0 Å². The van der Waals surface area contributed by atoms with Gasteiger partial charge < -0.3 is 11.1 Å². The molecule has 0 saturated carbocycles. The van der Waals surface area contributed by atoms with Gasteiger partial charge in [-0.3, -0.25) is 4.79 Å². The van der Waals surface area contributed by atoms with E-state index in [4.69, 9.17) is 28.9 Å². The fourth-order valence-electron chi connectivity index (χ4n) is 1.96. The highest BCUT2D eigenvalue weighted by Gasteiger charge is 2.76. The van der Waals surface area contributed by atoms with Crippen molar-refractivity contribution in [1.82, 2.24) is 0 Å². The number of nitrogens with two attached hydrogens (primary N) is 1. The zero-order chi connectivity index (χ0) is 25.2. The van der Waals surface area contributed by atoms with E-state index in [1.165, 1.54) is 18.3 Å². The smallest absolute Gasteiger partial charge is 0.398 e. The molecule has 2 rings (SSSR count). The maximum atomic E-state index is 13.2. The van der Waals surface area contributed by atoms with Crippen LogP contribution in [0.2, 0.25) is 10.0 Å². The molecule has 0 aliphatic carbocycles. The van der Waals surface area contributed by atoms with Gasteiger partial charge in [-0.2, -0.15) is 30.7 Å². The Kier molecular flexibility index (Phi) is 9.32. The average molecular weight is 637 g/mol. The minimum atomic E-state index is -6.58. The summed E-state index contributed by atoms with van der Waals surface area (Å²) in [6, 6.07) is 5.83. The zero-order valence-electron chi connectivity index (χ0n) is 16.0. The Hall–Kier alpha value is -1.24. The summed E-state index contributed by atoms with van der Waals surface area (Å²) >= 11 is 17.7. The van der Waals surface area contributed by atoms with Gasteiger partial charge in [0.1, 0.15) is 0 Å². The monoisotopic (exact) mass is 634 g/mol. The number of halogens is 11. The summed E-state index contributed by atoms with van der Waals surface area (Å²) in [6.07, 6.45) is -6.58. The van der Waals surface area contributed by atoms with Gasteiger partial charge in [-0.05, 0) is 81.1 Å². The van der Waals surface area contributed by atoms with Crippen LogP contribution >= 0.6 is 55.1 Å². The van der Waals surface area contributed by atoms with Gasteiger partial charge >= 0.3 is 23.9 Å². The van der Waals surface area contributed by atoms with E-state index in [1.54, 1.807) is 6.07 Å². The van der Waals surface area contributed by atoms with Crippen molar-refractivity contribution in [2.24, 2.45) is 0 Å². The molecule has 0 bridgehead atoms. The highest BCUT2D eigenvalue weighted by atomic mass is 79.9. The largest absolute Gasteiger partial charge is 0.460 e. The number of rotatable bonds is 3. The first-order valence-corrected chi connectivity index (χ1v) is 10.5. The van der Waals surface area contributed by atoms with E-state index < -0.39 is 29.6 Å². The SMILES string of the molecule is Cc1cc(Br)c(Cl)cc1N.Cc1cc(Br)c(Cl)cc1NC(=O)C(F)(F)C(F)(F)C(F)(F)F. The molecule has 0 aromatic heterocycles. The van der Waals surface area contributed by atoms with Gasteiger partial charge in [0.25, 0.3) is 0 Å². The van der Waals surface area contributed by atoms with E-state index in [2.05, 4.69) is 31.9 Å². The molecule has 0 fully saturated rings. The Balaban J connectivity index is 0.000000425. The average Bonchev–Trinajstić information content (AvgIpc) is 2.64. The predicted octanol–water partition coefficient (Wildman–Crippen LogP) is 8.18. The highest BCUT2D eigenvalue weighted by Crippen LogP contribution is 2.47. The number of amides is 1. The van der Waals surface area contributed by atoms with Crippen LogP contribution in [-0.2, 0) is 4.79 Å². The Morgan fingerprint density at radius 3 is 1.75 bits per heavy atom. The number of hydrogen-bond donors (Lipinski definition) is 2. The van der Waals surface area contributed by atoms with E-state index in [0.29, 0.717) is 9.50 Å². The maximum Gasteiger partial charge on any atom is 0.460 e. The number of carbonyl (C=O) groups excluding carboxylic acids is 1. The third-order valence-corrected chi connectivity index (χ3v) is 6.25. The maximum absolute atomic E-state index is 13.2. The molecule has 0 aliphatic rings. The molecule has 0 radical (unpaired) electrons. The fourth-order valence-corrected chi connectivity index (χ4v) is 3.22. The van der Waals surface area contributed by atoms with E-state index in [9.17, 15) is 35.5 Å². The second-order valence-corrected chi connectivity index (χ2v) is 8.83. The van der Waals surface area contributed by atoms with Gasteiger partial charge in [-0.1, -0.05) is 23.2 Å². The van der Waals surface area contributed by atoms with E-state index in [0.717, 1.165) is 21.8 Å². The molecule has 178 valence electrons. The van der Waals surface area contributed by atoms with Crippen molar-refractivity contribution >= 4 is 72.3 Å². The summed E-state index contributed by atoms with van der Waals surface area (Å²) in [6.45, 7) is 3.24. The van der Waals surface area contributed by atoms with Crippen molar-refractivity contribution in [2.45, 2.75) is 31.9 Å². The Labute approximate surface area is 204 Å². The first-order chi connectivity index (χ1) is 14.3. The van der Waals surface area contributed by atoms with Gasteiger partial charge in [0.2, 0.25) is 0 Å². The first-order valence-electron chi connectivity index (χ1n) is 8.13. The molecule has 0 unspecified atom stereocenters. The summed E-state index contributed by atoms with van der Waals surface area (Å²) in [5.41, 5.74) is 7.05. The van der Waals surface area contributed by atoms with Crippen molar-refractivity contribution in [3.8, 4) is 0 Å².